The summed E-state index contributed by atoms with van der Waals surface area (Å²) < 4.78 is 22.5. The van der Waals surface area contributed by atoms with Gasteiger partial charge in [0.15, 0.2) is 5.96 Å². The number of halogens is 1. The molecule has 1 rings (SSSR count). The number of amides is 1. The van der Waals surface area contributed by atoms with Crippen molar-refractivity contribution < 1.29 is 13.2 Å². The van der Waals surface area contributed by atoms with Gasteiger partial charge in [-0.2, -0.15) is 0 Å². The van der Waals surface area contributed by atoms with Gasteiger partial charge >= 0.3 is 0 Å². The number of rotatable bonds is 9. The van der Waals surface area contributed by atoms with Gasteiger partial charge < -0.3 is 15.5 Å². The van der Waals surface area contributed by atoms with Crippen molar-refractivity contribution in [3.05, 3.63) is 0 Å². The Labute approximate surface area is 175 Å². The summed E-state index contributed by atoms with van der Waals surface area (Å²) in [4.78, 5) is 18.5. The zero-order valence-electron chi connectivity index (χ0n) is 16.3. The minimum atomic E-state index is -2.95. The standard InChI is InChI=1S/C17H34N4O3S.HI/c1-4-18-17(20-15(2)10-14-25(3,23)24)19-11-8-13-21-12-7-5-6-9-16(21)22;/h15H,4-14H2,1-3H3,(H2,18,19,20);1H. The third-order valence-corrected chi connectivity index (χ3v) is 5.15. The van der Waals surface area contributed by atoms with Crippen molar-refractivity contribution in [1.29, 1.82) is 0 Å². The van der Waals surface area contributed by atoms with Crippen LogP contribution in [-0.2, 0) is 14.6 Å². The number of hydrogen-bond donors (Lipinski definition) is 2. The lowest BCUT2D eigenvalue weighted by atomic mass is 10.2. The summed E-state index contributed by atoms with van der Waals surface area (Å²) in [5.74, 6) is 1.13. The summed E-state index contributed by atoms with van der Waals surface area (Å²) in [6, 6.07) is 0.0275. The normalized spacial score (nSPS) is 17.3. The van der Waals surface area contributed by atoms with Gasteiger partial charge in [0.1, 0.15) is 9.84 Å². The summed E-state index contributed by atoms with van der Waals surface area (Å²) in [7, 11) is -2.95. The van der Waals surface area contributed by atoms with Crippen LogP contribution in [0.5, 0.6) is 0 Å². The van der Waals surface area contributed by atoms with Crippen LogP contribution in [0.1, 0.15) is 52.4 Å². The molecule has 1 atom stereocenters. The van der Waals surface area contributed by atoms with Crippen LogP contribution in [0.25, 0.3) is 0 Å². The second kappa shape index (κ2) is 13.6. The van der Waals surface area contributed by atoms with Gasteiger partial charge in [0.25, 0.3) is 0 Å². The van der Waals surface area contributed by atoms with Crippen molar-refractivity contribution in [2.24, 2.45) is 4.99 Å². The van der Waals surface area contributed by atoms with E-state index in [9.17, 15) is 13.2 Å². The molecule has 2 N–H and O–H groups in total. The van der Waals surface area contributed by atoms with Gasteiger partial charge in [0, 0.05) is 44.9 Å². The number of carbonyl (C=O) groups is 1. The Morgan fingerprint density at radius 1 is 1.31 bits per heavy atom. The van der Waals surface area contributed by atoms with Crippen molar-refractivity contribution in [3.8, 4) is 0 Å². The molecule has 7 nitrogen and oxygen atoms in total. The number of nitrogens with one attached hydrogen (secondary N) is 2. The molecule has 0 bridgehead atoms. The van der Waals surface area contributed by atoms with Crippen molar-refractivity contribution in [2.75, 3.05) is 38.2 Å². The van der Waals surface area contributed by atoms with Crippen LogP contribution in [0.15, 0.2) is 4.99 Å². The largest absolute Gasteiger partial charge is 0.357 e. The van der Waals surface area contributed by atoms with E-state index >= 15 is 0 Å². The summed E-state index contributed by atoms with van der Waals surface area (Å²) in [6.45, 7) is 6.95. The van der Waals surface area contributed by atoms with E-state index in [2.05, 4.69) is 15.6 Å². The maximum absolute atomic E-state index is 12.0. The van der Waals surface area contributed by atoms with E-state index in [1.807, 2.05) is 18.7 Å². The van der Waals surface area contributed by atoms with Crippen LogP contribution in [0, 0.1) is 0 Å². The Hall–Kier alpha value is -0.580. The molecule has 0 spiro atoms. The number of nitrogens with zero attached hydrogens (tertiary/aromatic N) is 2. The molecule has 9 heteroatoms. The fourth-order valence-corrected chi connectivity index (χ4v) is 3.53. The van der Waals surface area contributed by atoms with E-state index in [1.54, 1.807) is 0 Å². The molecule has 26 heavy (non-hydrogen) atoms. The number of hydrogen-bond acceptors (Lipinski definition) is 4. The first-order valence-corrected chi connectivity index (χ1v) is 11.4. The van der Waals surface area contributed by atoms with Crippen LogP contribution < -0.4 is 10.6 Å². The molecule has 1 unspecified atom stereocenters. The summed E-state index contributed by atoms with van der Waals surface area (Å²) in [5, 5.41) is 6.42. The number of guanidine groups is 1. The average Bonchev–Trinajstić information content (AvgIpc) is 2.73. The van der Waals surface area contributed by atoms with E-state index in [4.69, 9.17) is 0 Å². The van der Waals surface area contributed by atoms with Gasteiger partial charge in [0.05, 0.1) is 5.75 Å². The first-order chi connectivity index (χ1) is 11.8. The highest BCUT2D eigenvalue weighted by Gasteiger charge is 2.15. The quantitative estimate of drug-likeness (QED) is 0.217. The molecule has 0 aromatic carbocycles. The first kappa shape index (κ1) is 25.4. The monoisotopic (exact) mass is 502 g/mol. The maximum atomic E-state index is 12.0. The molecule has 0 aromatic rings. The second-order valence-corrected chi connectivity index (χ2v) is 9.03. The van der Waals surface area contributed by atoms with Gasteiger partial charge in [-0.1, -0.05) is 6.42 Å². The molecular formula is C17H35IN4O3S. The molecule has 0 radical (unpaired) electrons. The minimum absolute atomic E-state index is 0. The second-order valence-electron chi connectivity index (χ2n) is 6.77. The third kappa shape index (κ3) is 11.9. The smallest absolute Gasteiger partial charge is 0.222 e. The van der Waals surface area contributed by atoms with Gasteiger partial charge in [-0.25, -0.2) is 8.42 Å². The van der Waals surface area contributed by atoms with Crippen LogP contribution in [0.3, 0.4) is 0 Å². The van der Waals surface area contributed by atoms with Crippen molar-refractivity contribution in [3.63, 3.8) is 0 Å². The number of carbonyl (C=O) groups excluding carboxylic acids is 1. The predicted octanol–water partition coefficient (Wildman–Crippen LogP) is 1.78. The highest BCUT2D eigenvalue weighted by atomic mass is 127. The lowest BCUT2D eigenvalue weighted by Crippen LogP contribution is -2.43. The molecular weight excluding hydrogens is 467 g/mol. The van der Waals surface area contributed by atoms with E-state index < -0.39 is 9.84 Å². The van der Waals surface area contributed by atoms with Crippen molar-refractivity contribution in [2.45, 2.75) is 58.4 Å². The Bertz CT molecular complexity index is 540. The van der Waals surface area contributed by atoms with E-state index in [1.165, 1.54) is 6.26 Å². The van der Waals surface area contributed by atoms with Gasteiger partial charge in [0.2, 0.25) is 5.91 Å². The number of sulfone groups is 1. The summed E-state index contributed by atoms with van der Waals surface area (Å²) in [6.07, 6.45) is 6.55. The fraction of sp³-hybridized carbons (Fsp3) is 0.882. The van der Waals surface area contributed by atoms with Crippen LogP contribution in [0.2, 0.25) is 0 Å². The van der Waals surface area contributed by atoms with Crippen molar-refractivity contribution >= 4 is 45.7 Å². The lowest BCUT2D eigenvalue weighted by Gasteiger charge is -2.20. The molecule has 1 aliphatic rings. The highest BCUT2D eigenvalue weighted by Crippen LogP contribution is 2.11. The molecule has 1 amide bonds. The van der Waals surface area contributed by atoms with Crippen LogP contribution in [0.4, 0.5) is 0 Å². The van der Waals surface area contributed by atoms with Gasteiger partial charge in [-0.05, 0) is 39.5 Å². The molecule has 1 saturated heterocycles. The molecule has 0 aliphatic carbocycles. The van der Waals surface area contributed by atoms with Gasteiger partial charge in [-0.3, -0.25) is 9.79 Å². The summed E-state index contributed by atoms with van der Waals surface area (Å²) in [5.41, 5.74) is 0. The molecule has 1 heterocycles. The van der Waals surface area contributed by atoms with Crippen LogP contribution in [-0.4, -0.2) is 69.4 Å². The van der Waals surface area contributed by atoms with Gasteiger partial charge in [-0.15, -0.1) is 24.0 Å². The first-order valence-electron chi connectivity index (χ1n) is 9.32. The maximum Gasteiger partial charge on any atom is 0.222 e. The average molecular weight is 502 g/mol. The minimum Gasteiger partial charge on any atom is -0.357 e. The SMILES string of the molecule is CCNC(=NCCCN1CCCCCC1=O)NC(C)CCS(C)(=O)=O.I. The molecule has 1 aliphatic heterocycles. The fourth-order valence-electron chi connectivity index (χ4n) is 2.74. The number of likely N-dealkylation sites (tertiary alicyclic amines) is 1. The zero-order chi connectivity index (χ0) is 18.7. The van der Waals surface area contributed by atoms with E-state index in [0.717, 1.165) is 45.3 Å². The highest BCUT2D eigenvalue weighted by molar-refractivity contribution is 14.0. The predicted molar refractivity (Wildman–Crippen MR) is 118 cm³/mol. The molecule has 154 valence electrons. The Morgan fingerprint density at radius 2 is 2.04 bits per heavy atom. The Morgan fingerprint density at radius 3 is 2.69 bits per heavy atom. The van der Waals surface area contributed by atoms with Crippen LogP contribution >= 0.6 is 24.0 Å². The zero-order valence-corrected chi connectivity index (χ0v) is 19.4. The molecule has 0 aromatic heterocycles. The third-order valence-electron chi connectivity index (χ3n) is 4.18. The topological polar surface area (TPSA) is 90.9 Å². The Kier molecular flexibility index (Phi) is 13.3. The molecule has 0 saturated carbocycles. The molecule has 1 fully saturated rings. The lowest BCUT2D eigenvalue weighted by molar-refractivity contribution is -0.130. The van der Waals surface area contributed by atoms with Crippen molar-refractivity contribution in [1.82, 2.24) is 15.5 Å². The van der Waals surface area contributed by atoms with E-state index in [0.29, 0.717) is 25.3 Å². The summed E-state index contributed by atoms with van der Waals surface area (Å²) >= 11 is 0. The number of aliphatic imine (C=N–C) groups is 1. The van der Waals surface area contributed by atoms with E-state index in [-0.39, 0.29) is 41.7 Å². The Balaban J connectivity index is 0.00000625.